The Morgan fingerprint density at radius 2 is 1.86 bits per heavy atom. The second-order valence-corrected chi connectivity index (χ2v) is 6.30. The van der Waals surface area contributed by atoms with Gasteiger partial charge in [-0.2, -0.15) is 0 Å². The molecule has 3 heteroatoms. The number of hydrogen-bond donors (Lipinski definition) is 0. The summed E-state index contributed by atoms with van der Waals surface area (Å²) >= 11 is 0. The van der Waals surface area contributed by atoms with Gasteiger partial charge in [-0.1, -0.05) is 12.1 Å². The number of Topliss-reactive ketones (excluding diaryl/α,β-unsaturated/α-hetero) is 1. The topological polar surface area (TPSA) is 37.4 Å². The van der Waals surface area contributed by atoms with Crippen LogP contribution in [-0.2, 0) is 4.79 Å². The Kier molecular flexibility index (Phi) is 4.81. The zero-order chi connectivity index (χ0) is 15.6. The molecule has 1 aromatic carbocycles. The van der Waals surface area contributed by atoms with Gasteiger partial charge in [0.2, 0.25) is 5.91 Å². The van der Waals surface area contributed by atoms with Crippen LogP contribution in [-0.4, -0.2) is 29.7 Å². The van der Waals surface area contributed by atoms with Crippen molar-refractivity contribution in [3.63, 3.8) is 0 Å². The summed E-state index contributed by atoms with van der Waals surface area (Å²) in [5.41, 5.74) is 3.01. The zero-order valence-corrected chi connectivity index (χ0v) is 13.5. The van der Waals surface area contributed by atoms with E-state index in [1.54, 1.807) is 0 Å². The van der Waals surface area contributed by atoms with Gasteiger partial charge in [0.1, 0.15) is 0 Å². The Morgan fingerprint density at radius 1 is 1.19 bits per heavy atom. The molecule has 2 rings (SSSR count). The van der Waals surface area contributed by atoms with Gasteiger partial charge in [-0.05, 0) is 56.7 Å². The third-order valence-corrected chi connectivity index (χ3v) is 4.70. The minimum absolute atomic E-state index is 0.0546. The maximum Gasteiger partial charge on any atom is 0.223 e. The Bertz CT molecular complexity index is 546. The van der Waals surface area contributed by atoms with Gasteiger partial charge in [0.15, 0.2) is 5.78 Å². The number of ketones is 1. The Balaban J connectivity index is 1.88. The molecule has 1 atom stereocenters. The first-order valence-corrected chi connectivity index (χ1v) is 7.76. The average molecular weight is 287 g/mol. The molecule has 0 spiro atoms. The van der Waals surface area contributed by atoms with Crippen LogP contribution in [0.1, 0.15) is 54.1 Å². The molecule has 1 aliphatic carbocycles. The van der Waals surface area contributed by atoms with E-state index < -0.39 is 0 Å². The van der Waals surface area contributed by atoms with Crippen LogP contribution in [0, 0.1) is 19.8 Å². The van der Waals surface area contributed by atoms with Crippen LogP contribution in [0.3, 0.4) is 0 Å². The van der Waals surface area contributed by atoms with Crippen molar-refractivity contribution in [3.05, 3.63) is 34.9 Å². The van der Waals surface area contributed by atoms with Crippen molar-refractivity contribution in [2.45, 2.75) is 52.5 Å². The number of benzene rings is 1. The summed E-state index contributed by atoms with van der Waals surface area (Å²) in [7, 11) is 1.85. The zero-order valence-electron chi connectivity index (χ0n) is 13.5. The van der Waals surface area contributed by atoms with Gasteiger partial charge in [0.25, 0.3) is 0 Å². The molecule has 1 amide bonds. The van der Waals surface area contributed by atoms with E-state index in [-0.39, 0.29) is 11.7 Å². The average Bonchev–Trinajstić information content (AvgIpc) is 3.30. The van der Waals surface area contributed by atoms with Crippen molar-refractivity contribution < 1.29 is 9.59 Å². The lowest BCUT2D eigenvalue weighted by atomic mass is 10.0. The van der Waals surface area contributed by atoms with Gasteiger partial charge in [0.05, 0.1) is 0 Å². The van der Waals surface area contributed by atoms with Gasteiger partial charge in [0, 0.05) is 31.5 Å². The molecule has 0 aliphatic heterocycles. The van der Waals surface area contributed by atoms with E-state index in [0.717, 1.165) is 5.56 Å². The molecule has 0 aromatic heterocycles. The quantitative estimate of drug-likeness (QED) is 0.751. The van der Waals surface area contributed by atoms with Gasteiger partial charge in [-0.3, -0.25) is 9.59 Å². The molecule has 1 fully saturated rings. The van der Waals surface area contributed by atoms with Crippen LogP contribution in [0.25, 0.3) is 0 Å². The molecule has 1 unspecified atom stereocenters. The van der Waals surface area contributed by atoms with Gasteiger partial charge < -0.3 is 4.90 Å². The molecule has 0 saturated heterocycles. The molecule has 0 bridgehead atoms. The summed E-state index contributed by atoms with van der Waals surface area (Å²) in [5, 5.41) is 0. The van der Waals surface area contributed by atoms with E-state index in [4.69, 9.17) is 0 Å². The third kappa shape index (κ3) is 3.93. The highest BCUT2D eigenvalue weighted by Gasteiger charge is 2.32. The molecular formula is C18H25NO2. The summed E-state index contributed by atoms with van der Waals surface area (Å²) in [6.45, 7) is 6.13. The Labute approximate surface area is 127 Å². The molecule has 1 saturated carbocycles. The second kappa shape index (κ2) is 6.42. The molecular weight excluding hydrogens is 262 g/mol. The van der Waals surface area contributed by atoms with E-state index in [9.17, 15) is 9.59 Å². The number of rotatable bonds is 6. The van der Waals surface area contributed by atoms with Gasteiger partial charge in [-0.25, -0.2) is 0 Å². The summed E-state index contributed by atoms with van der Waals surface area (Å²) in [5.74, 6) is 0.792. The van der Waals surface area contributed by atoms with E-state index in [2.05, 4.69) is 6.92 Å². The van der Waals surface area contributed by atoms with Crippen LogP contribution in [0.5, 0.6) is 0 Å². The number of carbonyl (C=O) groups is 2. The second-order valence-electron chi connectivity index (χ2n) is 6.30. The largest absolute Gasteiger partial charge is 0.343 e. The Hall–Kier alpha value is -1.64. The number of aryl methyl sites for hydroxylation is 2. The first-order chi connectivity index (χ1) is 9.90. The van der Waals surface area contributed by atoms with Crippen LogP contribution in [0.2, 0.25) is 0 Å². The maximum atomic E-state index is 12.2. The van der Waals surface area contributed by atoms with E-state index >= 15 is 0 Å². The van der Waals surface area contributed by atoms with Gasteiger partial charge >= 0.3 is 0 Å². The fraction of sp³-hybridized carbons (Fsp3) is 0.556. The SMILES string of the molecule is Cc1ccc(C(=O)CCC(=O)N(C)C(C)C2CC2)cc1C. The lowest BCUT2D eigenvalue weighted by Crippen LogP contribution is -2.36. The number of hydrogen-bond acceptors (Lipinski definition) is 2. The summed E-state index contributed by atoms with van der Waals surface area (Å²) < 4.78 is 0. The van der Waals surface area contributed by atoms with Crippen LogP contribution in [0.15, 0.2) is 18.2 Å². The van der Waals surface area contributed by atoms with E-state index in [1.165, 1.54) is 18.4 Å². The minimum atomic E-state index is 0.0546. The third-order valence-electron chi connectivity index (χ3n) is 4.70. The van der Waals surface area contributed by atoms with Crippen molar-refractivity contribution in [2.75, 3.05) is 7.05 Å². The fourth-order valence-electron chi connectivity index (χ4n) is 2.58. The van der Waals surface area contributed by atoms with Crippen molar-refractivity contribution in [3.8, 4) is 0 Å². The number of amides is 1. The highest BCUT2D eigenvalue weighted by atomic mass is 16.2. The lowest BCUT2D eigenvalue weighted by Gasteiger charge is -2.24. The predicted octanol–water partition coefficient (Wildman–Crippen LogP) is 3.52. The van der Waals surface area contributed by atoms with Crippen molar-refractivity contribution in [1.82, 2.24) is 4.90 Å². The standard InChI is InChI=1S/C18H25NO2/c1-12-5-6-16(11-13(12)2)17(20)9-10-18(21)19(4)14(3)15-7-8-15/h5-6,11,14-15H,7-10H2,1-4H3. The van der Waals surface area contributed by atoms with Crippen LogP contribution < -0.4 is 0 Å². The first kappa shape index (κ1) is 15.7. The molecule has 1 aromatic rings. The molecule has 0 radical (unpaired) electrons. The first-order valence-electron chi connectivity index (χ1n) is 7.76. The normalized spacial score (nSPS) is 15.6. The number of carbonyl (C=O) groups excluding carboxylic acids is 2. The van der Waals surface area contributed by atoms with Crippen molar-refractivity contribution in [1.29, 1.82) is 0 Å². The van der Waals surface area contributed by atoms with Crippen LogP contribution >= 0.6 is 0 Å². The monoisotopic (exact) mass is 287 g/mol. The molecule has 0 N–H and O–H groups in total. The summed E-state index contributed by atoms with van der Waals surface area (Å²) in [4.78, 5) is 26.1. The molecule has 1 aliphatic rings. The maximum absolute atomic E-state index is 12.2. The highest BCUT2D eigenvalue weighted by molar-refractivity contribution is 5.98. The fourth-order valence-corrected chi connectivity index (χ4v) is 2.58. The molecule has 114 valence electrons. The molecule has 21 heavy (non-hydrogen) atoms. The van der Waals surface area contributed by atoms with Gasteiger partial charge in [-0.15, -0.1) is 0 Å². The highest BCUT2D eigenvalue weighted by Crippen LogP contribution is 2.34. The minimum Gasteiger partial charge on any atom is -0.343 e. The molecule has 0 heterocycles. The smallest absolute Gasteiger partial charge is 0.223 e. The molecule has 3 nitrogen and oxygen atoms in total. The number of nitrogens with zero attached hydrogens (tertiary/aromatic N) is 1. The summed E-state index contributed by atoms with van der Waals surface area (Å²) in [6.07, 6.45) is 3.04. The van der Waals surface area contributed by atoms with E-state index in [0.29, 0.717) is 30.4 Å². The van der Waals surface area contributed by atoms with Crippen molar-refractivity contribution in [2.24, 2.45) is 5.92 Å². The lowest BCUT2D eigenvalue weighted by molar-refractivity contribution is -0.132. The van der Waals surface area contributed by atoms with E-state index in [1.807, 2.05) is 44.0 Å². The predicted molar refractivity (Wildman–Crippen MR) is 84.4 cm³/mol. The van der Waals surface area contributed by atoms with Crippen LogP contribution in [0.4, 0.5) is 0 Å². The Morgan fingerprint density at radius 3 is 2.43 bits per heavy atom. The van der Waals surface area contributed by atoms with Crippen molar-refractivity contribution >= 4 is 11.7 Å². The summed E-state index contributed by atoms with van der Waals surface area (Å²) in [6, 6.07) is 6.03.